The van der Waals surface area contributed by atoms with Crippen molar-refractivity contribution in [3.8, 4) is 0 Å². The number of fused-ring (bicyclic) bond motifs is 2. The van der Waals surface area contributed by atoms with E-state index in [9.17, 15) is 5.11 Å². The van der Waals surface area contributed by atoms with E-state index in [4.69, 9.17) is 9.52 Å². The number of nitrogens with zero attached hydrogens (tertiary/aromatic N) is 3. The van der Waals surface area contributed by atoms with E-state index >= 15 is 0 Å². The highest BCUT2D eigenvalue weighted by Crippen LogP contribution is 2.23. The van der Waals surface area contributed by atoms with Crippen LogP contribution in [-0.4, -0.2) is 38.0 Å². The van der Waals surface area contributed by atoms with Gasteiger partial charge in [-0.1, -0.05) is 18.2 Å². The molecule has 3 heterocycles. The van der Waals surface area contributed by atoms with Crippen molar-refractivity contribution in [2.24, 2.45) is 0 Å². The van der Waals surface area contributed by atoms with Crippen molar-refractivity contribution in [2.75, 3.05) is 13.2 Å². The summed E-state index contributed by atoms with van der Waals surface area (Å²) >= 11 is 0. The Balaban J connectivity index is 1.50. The van der Waals surface area contributed by atoms with Gasteiger partial charge in [-0.05, 0) is 18.2 Å². The van der Waals surface area contributed by atoms with E-state index in [-0.39, 0.29) is 6.61 Å². The molecule has 2 aromatic heterocycles. The van der Waals surface area contributed by atoms with Crippen molar-refractivity contribution >= 4 is 11.0 Å². The Morgan fingerprint density at radius 3 is 2.91 bits per heavy atom. The molecule has 0 saturated heterocycles. The third-order valence-electron chi connectivity index (χ3n) is 4.27. The first-order valence-electron chi connectivity index (χ1n) is 7.78. The van der Waals surface area contributed by atoms with Gasteiger partial charge in [-0.25, -0.2) is 0 Å². The molecule has 1 aliphatic heterocycles. The summed E-state index contributed by atoms with van der Waals surface area (Å²) in [5.74, 6) is 0.954. The van der Waals surface area contributed by atoms with Crippen molar-refractivity contribution in [1.29, 1.82) is 0 Å². The molecule has 1 atom stereocenters. The molecule has 6 nitrogen and oxygen atoms in total. The molecule has 2 N–H and O–H groups in total. The van der Waals surface area contributed by atoms with Crippen LogP contribution < -0.4 is 0 Å². The van der Waals surface area contributed by atoms with Gasteiger partial charge in [0, 0.05) is 18.5 Å². The first kappa shape index (κ1) is 14.4. The predicted molar refractivity (Wildman–Crippen MR) is 84.6 cm³/mol. The Bertz CT molecular complexity index is 790. The number of benzene rings is 1. The van der Waals surface area contributed by atoms with Crippen LogP contribution in [0, 0.1) is 0 Å². The topological polar surface area (TPSA) is 74.7 Å². The zero-order valence-electron chi connectivity index (χ0n) is 12.7. The van der Waals surface area contributed by atoms with Crippen LogP contribution in [0.5, 0.6) is 0 Å². The maximum Gasteiger partial charge on any atom is 0.134 e. The van der Waals surface area contributed by atoms with Crippen LogP contribution in [0.4, 0.5) is 0 Å². The van der Waals surface area contributed by atoms with Gasteiger partial charge in [0.1, 0.15) is 17.4 Å². The second kappa shape index (κ2) is 5.81. The summed E-state index contributed by atoms with van der Waals surface area (Å²) < 4.78 is 7.79. The first-order valence-corrected chi connectivity index (χ1v) is 7.78. The second-order valence-electron chi connectivity index (χ2n) is 5.94. The summed E-state index contributed by atoms with van der Waals surface area (Å²) in [7, 11) is 0. The maximum atomic E-state index is 9.71. The third-order valence-corrected chi connectivity index (χ3v) is 4.27. The summed E-state index contributed by atoms with van der Waals surface area (Å²) in [6.45, 7) is 2.84. The summed E-state index contributed by atoms with van der Waals surface area (Å²) in [6, 6.07) is 12.0. The lowest BCUT2D eigenvalue weighted by Gasteiger charge is -2.26. The lowest BCUT2D eigenvalue weighted by molar-refractivity contribution is 0.0915. The monoisotopic (exact) mass is 313 g/mol. The molecular formula is C17H19N3O3. The Hall–Kier alpha value is -2.15. The molecule has 1 aromatic carbocycles. The van der Waals surface area contributed by atoms with E-state index in [2.05, 4.69) is 22.1 Å². The molecule has 0 aliphatic carbocycles. The van der Waals surface area contributed by atoms with E-state index in [0.29, 0.717) is 5.69 Å². The van der Waals surface area contributed by atoms with Gasteiger partial charge < -0.3 is 14.6 Å². The largest absolute Gasteiger partial charge is 0.460 e. The molecule has 120 valence electrons. The summed E-state index contributed by atoms with van der Waals surface area (Å²) in [4.78, 5) is 2.30. The van der Waals surface area contributed by atoms with Gasteiger partial charge in [-0.15, -0.1) is 0 Å². The van der Waals surface area contributed by atoms with Crippen LogP contribution in [0.3, 0.4) is 0 Å². The zero-order chi connectivity index (χ0) is 15.8. The van der Waals surface area contributed by atoms with Crippen molar-refractivity contribution < 1.29 is 14.6 Å². The maximum absolute atomic E-state index is 9.71. The Kier molecular flexibility index (Phi) is 3.65. The normalized spacial score (nSPS) is 16.6. The van der Waals surface area contributed by atoms with E-state index in [1.54, 1.807) is 0 Å². The number of furan rings is 1. The molecule has 6 heteroatoms. The number of rotatable bonds is 4. The number of para-hydroxylation sites is 1. The minimum atomic E-state index is -0.906. The predicted octanol–water partition coefficient (Wildman–Crippen LogP) is 1.67. The average Bonchev–Trinajstić information content (AvgIpc) is 3.16. The number of hydrogen-bond donors (Lipinski definition) is 2. The highest BCUT2D eigenvalue weighted by atomic mass is 16.3. The molecule has 0 fully saturated rings. The highest BCUT2D eigenvalue weighted by molar-refractivity contribution is 5.77. The van der Waals surface area contributed by atoms with Crippen LogP contribution in [-0.2, 0) is 19.6 Å². The van der Waals surface area contributed by atoms with E-state index in [1.807, 2.05) is 28.9 Å². The summed E-state index contributed by atoms with van der Waals surface area (Å²) in [5, 5.41) is 24.2. The molecule has 0 saturated carbocycles. The SMILES string of the molecule is OC[C@H](O)c1cc2n(n1)CCN(Cc1cc3ccccc3o1)C2. The van der Waals surface area contributed by atoms with Gasteiger partial charge in [0.25, 0.3) is 0 Å². The molecule has 23 heavy (non-hydrogen) atoms. The first-order chi connectivity index (χ1) is 11.2. The number of aliphatic hydroxyl groups is 2. The van der Waals surface area contributed by atoms with Crippen LogP contribution in [0.1, 0.15) is 23.3 Å². The third kappa shape index (κ3) is 2.76. The van der Waals surface area contributed by atoms with Crippen LogP contribution in [0.25, 0.3) is 11.0 Å². The van der Waals surface area contributed by atoms with E-state index in [1.165, 1.54) is 0 Å². The molecule has 0 bridgehead atoms. The Morgan fingerprint density at radius 2 is 2.09 bits per heavy atom. The summed E-state index contributed by atoms with van der Waals surface area (Å²) in [5.41, 5.74) is 2.50. The van der Waals surface area contributed by atoms with Gasteiger partial charge in [0.15, 0.2) is 0 Å². The molecule has 0 spiro atoms. The number of aliphatic hydroxyl groups excluding tert-OH is 2. The van der Waals surface area contributed by atoms with Gasteiger partial charge in [-0.2, -0.15) is 5.10 Å². The molecule has 4 rings (SSSR count). The molecule has 3 aromatic rings. The van der Waals surface area contributed by atoms with Crippen molar-refractivity contribution in [2.45, 2.75) is 25.7 Å². The van der Waals surface area contributed by atoms with Gasteiger partial charge in [0.2, 0.25) is 0 Å². The smallest absolute Gasteiger partial charge is 0.134 e. The standard InChI is InChI=1S/C17H19N3O3/c21-11-16(22)15-8-13-9-19(5-6-20(13)18-15)10-14-7-12-3-1-2-4-17(12)23-14/h1-4,7-8,16,21-22H,5-6,9-11H2/t16-/m0/s1. The fourth-order valence-corrected chi connectivity index (χ4v) is 3.07. The van der Waals surface area contributed by atoms with Crippen LogP contribution >= 0.6 is 0 Å². The van der Waals surface area contributed by atoms with Gasteiger partial charge in [0.05, 0.1) is 31.1 Å². The van der Waals surface area contributed by atoms with Crippen molar-refractivity contribution in [1.82, 2.24) is 14.7 Å². The lowest BCUT2D eigenvalue weighted by atomic mass is 10.2. The molecular weight excluding hydrogens is 294 g/mol. The average molecular weight is 313 g/mol. The number of hydrogen-bond acceptors (Lipinski definition) is 5. The van der Waals surface area contributed by atoms with E-state index in [0.717, 1.165) is 48.6 Å². The molecule has 0 unspecified atom stereocenters. The lowest BCUT2D eigenvalue weighted by Crippen LogP contribution is -2.33. The Labute approximate surface area is 133 Å². The zero-order valence-corrected chi connectivity index (χ0v) is 12.7. The van der Waals surface area contributed by atoms with Crippen LogP contribution in [0.2, 0.25) is 0 Å². The number of aromatic nitrogens is 2. The summed E-state index contributed by atoms with van der Waals surface area (Å²) in [6.07, 6.45) is -0.906. The minimum absolute atomic E-state index is 0.306. The molecule has 1 aliphatic rings. The second-order valence-corrected chi connectivity index (χ2v) is 5.94. The quantitative estimate of drug-likeness (QED) is 0.766. The fourth-order valence-electron chi connectivity index (χ4n) is 3.07. The van der Waals surface area contributed by atoms with E-state index < -0.39 is 6.10 Å². The van der Waals surface area contributed by atoms with Gasteiger partial charge in [-0.3, -0.25) is 9.58 Å². The molecule has 0 radical (unpaired) electrons. The Morgan fingerprint density at radius 1 is 1.22 bits per heavy atom. The van der Waals surface area contributed by atoms with Gasteiger partial charge >= 0.3 is 0 Å². The van der Waals surface area contributed by atoms with Crippen molar-refractivity contribution in [3.63, 3.8) is 0 Å². The minimum Gasteiger partial charge on any atom is -0.460 e. The fraction of sp³-hybridized carbons (Fsp3) is 0.353. The van der Waals surface area contributed by atoms with Crippen molar-refractivity contribution in [3.05, 3.63) is 53.5 Å². The highest BCUT2D eigenvalue weighted by Gasteiger charge is 2.21. The molecule has 0 amide bonds. The van der Waals surface area contributed by atoms with Crippen LogP contribution in [0.15, 0.2) is 40.8 Å².